The largest absolute Gasteiger partial charge is 0.303 e. The van der Waals surface area contributed by atoms with Gasteiger partial charge in [0.2, 0.25) is 0 Å². The van der Waals surface area contributed by atoms with Crippen LogP contribution in [0.1, 0.15) is 24.3 Å². The Labute approximate surface area is 87.9 Å². The molecule has 0 saturated carbocycles. The minimum absolute atomic E-state index is 0.0118. The Kier molecular flexibility index (Phi) is 4.33. The molecule has 74 valence electrons. The van der Waals surface area contributed by atoms with E-state index in [1.807, 2.05) is 12.1 Å². The predicted octanol–water partition coefficient (Wildman–Crippen LogP) is 2.60. The predicted molar refractivity (Wildman–Crippen MR) is 55.6 cm³/mol. The molecule has 14 heavy (non-hydrogen) atoms. The van der Waals surface area contributed by atoms with Crippen LogP contribution in [0.25, 0.3) is 0 Å². The molecule has 0 fully saturated rings. The third-order valence-corrected chi connectivity index (χ3v) is 2.35. The SMILES string of the molecule is O=CCC(CC=O)c1ccc(Cl)cc1. The van der Waals surface area contributed by atoms with Crippen molar-refractivity contribution in [2.75, 3.05) is 0 Å². The number of rotatable bonds is 5. The molecule has 0 N–H and O–H groups in total. The first-order valence-electron chi connectivity index (χ1n) is 4.40. The molecule has 1 aromatic rings. The van der Waals surface area contributed by atoms with Crippen LogP contribution in [0.4, 0.5) is 0 Å². The van der Waals surface area contributed by atoms with E-state index in [1.54, 1.807) is 12.1 Å². The molecule has 0 saturated heterocycles. The molecular formula is C11H11ClO2. The summed E-state index contributed by atoms with van der Waals surface area (Å²) in [4.78, 5) is 20.8. The number of carbonyl (C=O) groups excluding carboxylic acids is 2. The molecular weight excluding hydrogens is 200 g/mol. The van der Waals surface area contributed by atoms with Crippen molar-refractivity contribution in [3.05, 3.63) is 34.9 Å². The average molecular weight is 211 g/mol. The van der Waals surface area contributed by atoms with Gasteiger partial charge in [0.15, 0.2) is 0 Å². The van der Waals surface area contributed by atoms with E-state index in [9.17, 15) is 9.59 Å². The lowest BCUT2D eigenvalue weighted by atomic mass is 9.94. The molecule has 0 aliphatic rings. The number of carbonyl (C=O) groups is 2. The van der Waals surface area contributed by atoms with Crippen LogP contribution in [0.5, 0.6) is 0 Å². The highest BCUT2D eigenvalue weighted by Gasteiger charge is 2.09. The Morgan fingerprint density at radius 1 is 1.07 bits per heavy atom. The zero-order chi connectivity index (χ0) is 10.4. The fraction of sp³-hybridized carbons (Fsp3) is 0.273. The van der Waals surface area contributed by atoms with Gasteiger partial charge >= 0.3 is 0 Å². The van der Waals surface area contributed by atoms with Crippen LogP contribution < -0.4 is 0 Å². The molecule has 0 unspecified atom stereocenters. The zero-order valence-corrected chi connectivity index (χ0v) is 8.41. The van der Waals surface area contributed by atoms with Gasteiger partial charge in [0.05, 0.1) is 0 Å². The van der Waals surface area contributed by atoms with Gasteiger partial charge in [-0.3, -0.25) is 0 Å². The van der Waals surface area contributed by atoms with Crippen LogP contribution in [-0.2, 0) is 9.59 Å². The van der Waals surface area contributed by atoms with E-state index in [0.717, 1.165) is 18.1 Å². The van der Waals surface area contributed by atoms with Gasteiger partial charge in [0, 0.05) is 17.9 Å². The van der Waals surface area contributed by atoms with Crippen LogP contribution in [0.2, 0.25) is 5.02 Å². The second kappa shape index (κ2) is 5.55. The molecule has 0 spiro atoms. The average Bonchev–Trinajstić information content (AvgIpc) is 2.19. The summed E-state index contributed by atoms with van der Waals surface area (Å²) in [5.41, 5.74) is 0.980. The van der Waals surface area contributed by atoms with Gasteiger partial charge in [-0.05, 0) is 23.6 Å². The van der Waals surface area contributed by atoms with Crippen LogP contribution in [0.3, 0.4) is 0 Å². The summed E-state index contributed by atoms with van der Waals surface area (Å²) in [6.45, 7) is 0. The highest BCUT2D eigenvalue weighted by molar-refractivity contribution is 6.30. The van der Waals surface area contributed by atoms with Gasteiger partial charge in [-0.2, -0.15) is 0 Å². The standard InChI is InChI=1S/C11H11ClO2/c12-11-3-1-9(2-4-11)10(5-7-13)6-8-14/h1-4,7-8,10H,5-6H2. The summed E-state index contributed by atoms with van der Waals surface area (Å²) >= 11 is 5.73. The number of benzene rings is 1. The van der Waals surface area contributed by atoms with E-state index >= 15 is 0 Å². The first-order chi connectivity index (χ1) is 6.77. The van der Waals surface area contributed by atoms with E-state index in [4.69, 9.17) is 11.6 Å². The lowest BCUT2D eigenvalue weighted by molar-refractivity contribution is -0.109. The molecule has 0 radical (unpaired) electrons. The lowest BCUT2D eigenvalue weighted by Gasteiger charge is -2.10. The van der Waals surface area contributed by atoms with Crippen LogP contribution >= 0.6 is 11.6 Å². The quantitative estimate of drug-likeness (QED) is 0.701. The monoisotopic (exact) mass is 210 g/mol. The Morgan fingerprint density at radius 3 is 2.00 bits per heavy atom. The molecule has 1 rings (SSSR count). The first-order valence-corrected chi connectivity index (χ1v) is 4.78. The van der Waals surface area contributed by atoms with Gasteiger partial charge in [0.1, 0.15) is 12.6 Å². The summed E-state index contributed by atoms with van der Waals surface area (Å²) in [7, 11) is 0. The zero-order valence-electron chi connectivity index (χ0n) is 7.65. The summed E-state index contributed by atoms with van der Waals surface area (Å²) < 4.78 is 0. The van der Waals surface area contributed by atoms with Crippen molar-refractivity contribution >= 4 is 24.2 Å². The minimum Gasteiger partial charge on any atom is -0.303 e. The van der Waals surface area contributed by atoms with Crippen molar-refractivity contribution in [3.8, 4) is 0 Å². The molecule has 0 aliphatic heterocycles. The highest BCUT2D eigenvalue weighted by Crippen LogP contribution is 2.22. The molecule has 2 nitrogen and oxygen atoms in total. The Hall–Kier alpha value is -1.15. The Balaban J connectivity index is 2.80. The third-order valence-electron chi connectivity index (χ3n) is 2.10. The number of halogens is 1. The summed E-state index contributed by atoms with van der Waals surface area (Å²) in [5, 5.41) is 0.657. The maximum Gasteiger partial charge on any atom is 0.120 e. The molecule has 3 heteroatoms. The second-order valence-corrected chi connectivity index (χ2v) is 3.49. The molecule has 0 heterocycles. The van der Waals surface area contributed by atoms with Gasteiger partial charge in [-0.15, -0.1) is 0 Å². The van der Waals surface area contributed by atoms with E-state index in [0.29, 0.717) is 17.9 Å². The molecule has 1 aromatic carbocycles. The third kappa shape index (κ3) is 2.96. The number of hydrogen-bond donors (Lipinski definition) is 0. The Bertz CT molecular complexity index is 296. The molecule has 0 amide bonds. The van der Waals surface area contributed by atoms with Crippen LogP contribution in [0, 0.1) is 0 Å². The highest BCUT2D eigenvalue weighted by atomic mass is 35.5. The van der Waals surface area contributed by atoms with E-state index < -0.39 is 0 Å². The van der Waals surface area contributed by atoms with Crippen molar-refractivity contribution in [1.29, 1.82) is 0 Å². The maximum absolute atomic E-state index is 10.4. The molecule has 0 bridgehead atoms. The molecule has 0 aliphatic carbocycles. The summed E-state index contributed by atoms with van der Waals surface area (Å²) in [6.07, 6.45) is 2.42. The smallest absolute Gasteiger partial charge is 0.120 e. The Morgan fingerprint density at radius 2 is 1.57 bits per heavy atom. The maximum atomic E-state index is 10.4. The van der Waals surface area contributed by atoms with E-state index in [-0.39, 0.29) is 5.92 Å². The molecule has 0 atom stereocenters. The van der Waals surface area contributed by atoms with Crippen LogP contribution in [-0.4, -0.2) is 12.6 Å². The topological polar surface area (TPSA) is 34.1 Å². The summed E-state index contributed by atoms with van der Waals surface area (Å²) in [5.74, 6) is -0.0118. The van der Waals surface area contributed by atoms with Gasteiger partial charge in [-0.1, -0.05) is 23.7 Å². The first kappa shape index (κ1) is 10.9. The van der Waals surface area contributed by atoms with Crippen LogP contribution in [0.15, 0.2) is 24.3 Å². The van der Waals surface area contributed by atoms with Gasteiger partial charge < -0.3 is 9.59 Å². The van der Waals surface area contributed by atoms with Crippen molar-refractivity contribution in [2.24, 2.45) is 0 Å². The number of hydrogen-bond acceptors (Lipinski definition) is 2. The fourth-order valence-corrected chi connectivity index (χ4v) is 1.46. The van der Waals surface area contributed by atoms with Crippen molar-refractivity contribution < 1.29 is 9.59 Å². The van der Waals surface area contributed by atoms with E-state index in [1.165, 1.54) is 0 Å². The summed E-state index contributed by atoms with van der Waals surface area (Å²) in [6, 6.07) is 7.22. The molecule has 0 aromatic heterocycles. The van der Waals surface area contributed by atoms with Gasteiger partial charge in [-0.25, -0.2) is 0 Å². The van der Waals surface area contributed by atoms with Crippen molar-refractivity contribution in [3.63, 3.8) is 0 Å². The second-order valence-electron chi connectivity index (χ2n) is 3.05. The fourth-order valence-electron chi connectivity index (χ4n) is 1.34. The minimum atomic E-state index is -0.0118. The van der Waals surface area contributed by atoms with Gasteiger partial charge in [0.25, 0.3) is 0 Å². The lowest BCUT2D eigenvalue weighted by Crippen LogP contribution is -2.00. The van der Waals surface area contributed by atoms with Crippen molar-refractivity contribution in [2.45, 2.75) is 18.8 Å². The van der Waals surface area contributed by atoms with E-state index in [2.05, 4.69) is 0 Å². The van der Waals surface area contributed by atoms with Crippen molar-refractivity contribution in [1.82, 2.24) is 0 Å². The normalized spacial score (nSPS) is 10.1. The number of aldehydes is 2.